The number of ether oxygens (including phenoxy) is 1. The van der Waals surface area contributed by atoms with Crippen molar-refractivity contribution in [2.75, 3.05) is 14.2 Å². The Morgan fingerprint density at radius 1 is 0.864 bits per heavy atom. The van der Waals surface area contributed by atoms with Gasteiger partial charge < -0.3 is 4.74 Å². The van der Waals surface area contributed by atoms with Gasteiger partial charge in [0, 0.05) is 14.2 Å². The predicted molar refractivity (Wildman–Crippen MR) is 93.5 cm³/mol. The van der Waals surface area contributed by atoms with Gasteiger partial charge in [0.1, 0.15) is 0 Å². The van der Waals surface area contributed by atoms with Crippen molar-refractivity contribution in [3.05, 3.63) is 42.0 Å². The van der Waals surface area contributed by atoms with Crippen LogP contribution in [-0.2, 0) is 28.0 Å². The molecule has 0 aliphatic heterocycles. The summed E-state index contributed by atoms with van der Waals surface area (Å²) in [5, 5.41) is 0. The van der Waals surface area contributed by atoms with Crippen LogP contribution in [0, 0.1) is 0 Å². The molecule has 0 N–H and O–H groups in total. The van der Waals surface area contributed by atoms with Gasteiger partial charge in [-0.1, -0.05) is 0 Å². The first-order valence-electron chi connectivity index (χ1n) is 8.71. The third kappa shape index (κ3) is 6.92. The normalized spacial score (nSPS) is 16.4. The summed E-state index contributed by atoms with van der Waals surface area (Å²) in [6.45, 7) is 4.59. The zero-order chi connectivity index (χ0) is 16.2. The molecular formula is C20H32OZr. The molecule has 0 fully saturated rings. The Morgan fingerprint density at radius 3 is 1.64 bits per heavy atom. The molecule has 2 aliphatic rings. The molecule has 0 saturated heterocycles. The third-order valence-electron chi connectivity index (χ3n) is 3.96. The fraction of sp³-hybridized carbons (Fsp3) is 0.600. The Morgan fingerprint density at radius 2 is 1.27 bits per heavy atom. The summed E-state index contributed by atoms with van der Waals surface area (Å²) >= 11 is -0.463. The van der Waals surface area contributed by atoms with Crippen molar-refractivity contribution in [3.8, 4) is 0 Å². The molecule has 0 spiro atoms. The van der Waals surface area contributed by atoms with E-state index in [0.29, 0.717) is 0 Å². The van der Waals surface area contributed by atoms with Crippen LogP contribution in [0.4, 0.5) is 0 Å². The van der Waals surface area contributed by atoms with Gasteiger partial charge >= 0.3 is 130 Å². The van der Waals surface area contributed by atoms with Gasteiger partial charge in [0.25, 0.3) is 0 Å². The fourth-order valence-electron chi connectivity index (χ4n) is 2.75. The van der Waals surface area contributed by atoms with Crippen molar-refractivity contribution in [2.45, 2.75) is 65.2 Å². The van der Waals surface area contributed by atoms with Crippen LogP contribution in [0.15, 0.2) is 42.0 Å². The zero-order valence-electron chi connectivity index (χ0n) is 14.9. The number of allylic oxidation sites excluding steroid dienone is 8. The average molecular weight is 380 g/mol. The minimum Gasteiger partial charge on any atom is -0.388 e. The van der Waals surface area contributed by atoms with Gasteiger partial charge in [0.15, 0.2) is 0 Å². The van der Waals surface area contributed by atoms with E-state index in [0.717, 1.165) is 0 Å². The van der Waals surface area contributed by atoms with E-state index in [-0.39, 0.29) is 0 Å². The number of rotatable bonds is 8. The SMILES string of the molecule is CCCCC1=[C]([Zr][C]2=C(CCCC)C=CC2)CC=C1.COC. The summed E-state index contributed by atoms with van der Waals surface area (Å²) in [6.07, 6.45) is 20.2. The zero-order valence-corrected chi connectivity index (χ0v) is 17.3. The van der Waals surface area contributed by atoms with Gasteiger partial charge in [-0.2, -0.15) is 0 Å². The minimum atomic E-state index is -0.463. The van der Waals surface area contributed by atoms with Gasteiger partial charge in [0.2, 0.25) is 0 Å². The summed E-state index contributed by atoms with van der Waals surface area (Å²) in [6, 6.07) is 0. The quantitative estimate of drug-likeness (QED) is 0.492. The third-order valence-corrected chi connectivity index (χ3v) is 8.02. The number of unbranched alkanes of at least 4 members (excludes halogenated alkanes) is 2. The molecule has 2 aliphatic carbocycles. The fourth-order valence-corrected chi connectivity index (χ4v) is 6.54. The number of methoxy groups -OCH3 is 1. The van der Waals surface area contributed by atoms with Crippen molar-refractivity contribution in [1.82, 2.24) is 0 Å². The molecule has 122 valence electrons. The molecule has 0 saturated carbocycles. The van der Waals surface area contributed by atoms with Crippen molar-refractivity contribution in [1.29, 1.82) is 0 Å². The number of hydrogen-bond acceptors (Lipinski definition) is 1. The van der Waals surface area contributed by atoms with Crippen LogP contribution < -0.4 is 0 Å². The van der Waals surface area contributed by atoms with Gasteiger partial charge in [-0.15, -0.1) is 0 Å². The van der Waals surface area contributed by atoms with E-state index >= 15 is 0 Å². The molecule has 0 heterocycles. The Bertz CT molecular complexity index is 401. The molecule has 0 aromatic rings. The summed E-state index contributed by atoms with van der Waals surface area (Å²) in [5.74, 6) is 0. The topological polar surface area (TPSA) is 9.23 Å². The monoisotopic (exact) mass is 378 g/mol. The Hall–Kier alpha value is -0.197. The van der Waals surface area contributed by atoms with Crippen LogP contribution in [0.5, 0.6) is 0 Å². The maximum absolute atomic E-state index is 4.25. The van der Waals surface area contributed by atoms with E-state index in [1.165, 1.54) is 51.4 Å². The second kappa shape index (κ2) is 12.3. The summed E-state index contributed by atoms with van der Waals surface area (Å²) in [7, 11) is 3.25. The largest absolute Gasteiger partial charge is 0.388 e. The molecule has 0 aromatic carbocycles. The Labute approximate surface area is 149 Å². The first-order chi connectivity index (χ1) is 10.8. The van der Waals surface area contributed by atoms with Gasteiger partial charge in [-0.05, 0) is 0 Å². The standard InChI is InChI=1S/2C9H13.C2H6O.Zr/c2*1-2-3-6-9-7-4-5-8-9;1-3-2;/h2*4,7H,2-3,5-6H2,1H3;1-2H3;. The van der Waals surface area contributed by atoms with Crippen molar-refractivity contribution < 1.29 is 28.0 Å². The van der Waals surface area contributed by atoms with Crippen LogP contribution in [0.1, 0.15) is 65.2 Å². The molecule has 0 unspecified atom stereocenters. The van der Waals surface area contributed by atoms with Gasteiger partial charge in [-0.25, -0.2) is 0 Å². The van der Waals surface area contributed by atoms with E-state index in [4.69, 9.17) is 0 Å². The van der Waals surface area contributed by atoms with E-state index in [2.05, 4.69) is 42.9 Å². The summed E-state index contributed by atoms with van der Waals surface area (Å²) in [4.78, 5) is 0. The van der Waals surface area contributed by atoms with E-state index in [9.17, 15) is 0 Å². The van der Waals surface area contributed by atoms with Crippen LogP contribution in [0.25, 0.3) is 0 Å². The second-order valence-corrected chi connectivity index (χ2v) is 9.54. The Kier molecular flexibility index (Phi) is 11.1. The predicted octanol–water partition coefficient (Wildman–Crippen LogP) is 6.14. The molecule has 0 bridgehead atoms. The maximum Gasteiger partial charge on any atom is 0.0351 e. The molecule has 0 aromatic heterocycles. The molecule has 2 heteroatoms. The molecule has 22 heavy (non-hydrogen) atoms. The first kappa shape index (κ1) is 19.8. The molecule has 0 radical (unpaired) electrons. The van der Waals surface area contributed by atoms with Gasteiger partial charge in [0.05, 0.1) is 0 Å². The molecule has 0 amide bonds. The van der Waals surface area contributed by atoms with Crippen LogP contribution >= 0.6 is 0 Å². The first-order valence-corrected chi connectivity index (χ1v) is 11.2. The van der Waals surface area contributed by atoms with Crippen molar-refractivity contribution >= 4 is 0 Å². The minimum absolute atomic E-state index is 0.463. The average Bonchev–Trinajstić information content (AvgIpc) is 3.14. The molecule has 1 nitrogen and oxygen atoms in total. The summed E-state index contributed by atoms with van der Waals surface area (Å²) in [5.41, 5.74) is 3.42. The number of hydrogen-bond donors (Lipinski definition) is 0. The molecule has 0 atom stereocenters. The van der Waals surface area contributed by atoms with Crippen LogP contribution in [-0.4, -0.2) is 14.2 Å². The second-order valence-electron chi connectivity index (χ2n) is 5.96. The summed E-state index contributed by atoms with van der Waals surface area (Å²) < 4.78 is 7.98. The van der Waals surface area contributed by atoms with E-state index in [1.807, 2.05) is 6.56 Å². The molecular weight excluding hydrogens is 347 g/mol. The Balaban J connectivity index is 0.000000745. The van der Waals surface area contributed by atoms with Crippen molar-refractivity contribution in [2.24, 2.45) is 0 Å². The van der Waals surface area contributed by atoms with Gasteiger partial charge in [-0.3, -0.25) is 0 Å². The van der Waals surface area contributed by atoms with Crippen LogP contribution in [0.3, 0.4) is 0 Å². The maximum atomic E-state index is 4.25. The van der Waals surface area contributed by atoms with E-state index in [1.54, 1.807) is 25.4 Å². The smallest absolute Gasteiger partial charge is 0.0351 e. The molecule has 2 rings (SSSR count). The van der Waals surface area contributed by atoms with Crippen LogP contribution in [0.2, 0.25) is 0 Å². The van der Waals surface area contributed by atoms with Crippen molar-refractivity contribution in [3.63, 3.8) is 0 Å². The van der Waals surface area contributed by atoms with E-state index < -0.39 is 23.2 Å².